The van der Waals surface area contributed by atoms with Crippen LogP contribution in [0.3, 0.4) is 0 Å². The van der Waals surface area contributed by atoms with E-state index in [1.165, 1.54) is 0 Å². The maximum absolute atomic E-state index is 12.3. The molecule has 0 aliphatic carbocycles. The fraction of sp³-hybridized carbons (Fsp3) is 0.500. The predicted octanol–water partition coefficient (Wildman–Crippen LogP) is 1.71. The second kappa shape index (κ2) is 5.28. The second-order valence-corrected chi connectivity index (χ2v) is 7.21. The molecule has 1 aliphatic rings. The molecule has 0 saturated carbocycles. The SMILES string of the molecule is Cc1cc(S(=O)(=O)NC2CCNC2)c(C)cc1Br. The number of sulfonamides is 1. The number of rotatable bonds is 3. The van der Waals surface area contributed by atoms with Crippen molar-refractivity contribution in [2.24, 2.45) is 0 Å². The first-order chi connectivity index (χ1) is 8.40. The molecule has 1 unspecified atom stereocenters. The summed E-state index contributed by atoms with van der Waals surface area (Å²) in [6.07, 6.45) is 0.841. The normalized spacial score (nSPS) is 20.3. The third-order valence-electron chi connectivity index (χ3n) is 3.13. The average molecular weight is 333 g/mol. The fourth-order valence-corrected chi connectivity index (χ4v) is 4.12. The highest BCUT2D eigenvalue weighted by Crippen LogP contribution is 2.24. The van der Waals surface area contributed by atoms with Crippen LogP contribution in [0.5, 0.6) is 0 Å². The molecule has 6 heteroatoms. The van der Waals surface area contributed by atoms with E-state index in [0.717, 1.165) is 28.6 Å². The molecule has 1 saturated heterocycles. The lowest BCUT2D eigenvalue weighted by atomic mass is 10.2. The van der Waals surface area contributed by atoms with Crippen LogP contribution in [0.25, 0.3) is 0 Å². The van der Waals surface area contributed by atoms with Gasteiger partial charge in [0.1, 0.15) is 0 Å². The van der Waals surface area contributed by atoms with E-state index in [0.29, 0.717) is 11.4 Å². The molecule has 0 spiro atoms. The molecular weight excluding hydrogens is 316 g/mol. The lowest BCUT2D eigenvalue weighted by Gasteiger charge is -2.14. The monoisotopic (exact) mass is 332 g/mol. The summed E-state index contributed by atoms with van der Waals surface area (Å²) in [5.41, 5.74) is 1.68. The van der Waals surface area contributed by atoms with Gasteiger partial charge in [-0.3, -0.25) is 0 Å². The van der Waals surface area contributed by atoms with Crippen molar-refractivity contribution in [1.82, 2.24) is 10.0 Å². The largest absolute Gasteiger partial charge is 0.315 e. The van der Waals surface area contributed by atoms with Crippen LogP contribution < -0.4 is 10.0 Å². The van der Waals surface area contributed by atoms with Gasteiger partial charge in [-0.15, -0.1) is 0 Å². The zero-order valence-electron chi connectivity index (χ0n) is 10.5. The fourth-order valence-electron chi connectivity index (χ4n) is 2.08. The third kappa shape index (κ3) is 2.93. The molecular formula is C12H17BrN2O2S. The zero-order valence-corrected chi connectivity index (χ0v) is 12.9. The van der Waals surface area contributed by atoms with E-state index in [-0.39, 0.29) is 6.04 Å². The van der Waals surface area contributed by atoms with E-state index in [1.54, 1.807) is 6.07 Å². The van der Waals surface area contributed by atoms with Crippen LogP contribution in [0.1, 0.15) is 17.5 Å². The summed E-state index contributed by atoms with van der Waals surface area (Å²) in [5.74, 6) is 0. The van der Waals surface area contributed by atoms with Crippen molar-refractivity contribution in [2.45, 2.75) is 31.2 Å². The minimum atomic E-state index is -3.42. The van der Waals surface area contributed by atoms with E-state index >= 15 is 0 Å². The van der Waals surface area contributed by atoms with Crippen LogP contribution in [0, 0.1) is 13.8 Å². The molecule has 2 N–H and O–H groups in total. The first-order valence-electron chi connectivity index (χ1n) is 5.90. The van der Waals surface area contributed by atoms with Gasteiger partial charge >= 0.3 is 0 Å². The molecule has 0 radical (unpaired) electrons. The number of benzene rings is 1. The molecule has 2 rings (SSSR count). The van der Waals surface area contributed by atoms with Gasteiger partial charge in [0.25, 0.3) is 0 Å². The quantitative estimate of drug-likeness (QED) is 0.885. The molecule has 18 heavy (non-hydrogen) atoms. The highest BCUT2D eigenvalue weighted by Gasteiger charge is 2.24. The van der Waals surface area contributed by atoms with Gasteiger partial charge in [-0.1, -0.05) is 15.9 Å². The Morgan fingerprint density at radius 2 is 2.06 bits per heavy atom. The highest BCUT2D eigenvalue weighted by molar-refractivity contribution is 9.10. The Balaban J connectivity index is 2.31. The Kier molecular flexibility index (Phi) is 4.11. The Morgan fingerprint density at radius 1 is 1.33 bits per heavy atom. The Hall–Kier alpha value is -0.430. The topological polar surface area (TPSA) is 58.2 Å². The smallest absolute Gasteiger partial charge is 0.241 e. The molecule has 4 nitrogen and oxygen atoms in total. The maximum atomic E-state index is 12.3. The molecule has 100 valence electrons. The van der Waals surface area contributed by atoms with Gasteiger partial charge in [0.15, 0.2) is 0 Å². The van der Waals surface area contributed by atoms with E-state index in [2.05, 4.69) is 26.0 Å². The molecule has 1 fully saturated rings. The van der Waals surface area contributed by atoms with Gasteiger partial charge in [-0.05, 0) is 50.1 Å². The van der Waals surface area contributed by atoms with Crippen LogP contribution in [0.2, 0.25) is 0 Å². The van der Waals surface area contributed by atoms with Gasteiger partial charge < -0.3 is 5.32 Å². The van der Waals surface area contributed by atoms with Gasteiger partial charge in [-0.25, -0.2) is 13.1 Å². The molecule has 0 aromatic heterocycles. The van der Waals surface area contributed by atoms with Crippen molar-refractivity contribution in [3.05, 3.63) is 27.7 Å². The van der Waals surface area contributed by atoms with E-state index in [9.17, 15) is 8.42 Å². The molecule has 1 aromatic carbocycles. The van der Waals surface area contributed by atoms with Crippen molar-refractivity contribution < 1.29 is 8.42 Å². The molecule has 1 aliphatic heterocycles. The molecule has 1 atom stereocenters. The maximum Gasteiger partial charge on any atom is 0.241 e. The number of hydrogen-bond acceptors (Lipinski definition) is 3. The average Bonchev–Trinajstić information content (AvgIpc) is 2.75. The van der Waals surface area contributed by atoms with Gasteiger partial charge in [0.05, 0.1) is 4.90 Å². The standard InChI is InChI=1S/C12H17BrN2O2S/c1-8-6-12(9(2)5-11(8)13)18(16,17)15-10-3-4-14-7-10/h5-6,10,14-15H,3-4,7H2,1-2H3. The van der Waals surface area contributed by atoms with E-state index in [1.807, 2.05) is 19.9 Å². The Labute approximate surface area is 116 Å². The lowest BCUT2D eigenvalue weighted by molar-refractivity contribution is 0.559. The summed E-state index contributed by atoms with van der Waals surface area (Å²) in [7, 11) is -3.42. The van der Waals surface area contributed by atoms with Crippen LogP contribution in [-0.4, -0.2) is 27.5 Å². The van der Waals surface area contributed by atoms with Crippen molar-refractivity contribution in [3.63, 3.8) is 0 Å². The zero-order chi connectivity index (χ0) is 13.3. The minimum Gasteiger partial charge on any atom is -0.315 e. The van der Waals surface area contributed by atoms with Crippen LogP contribution in [-0.2, 0) is 10.0 Å². The van der Waals surface area contributed by atoms with Crippen LogP contribution in [0.15, 0.2) is 21.5 Å². The number of nitrogens with one attached hydrogen (secondary N) is 2. The van der Waals surface area contributed by atoms with Gasteiger partial charge in [0, 0.05) is 17.1 Å². The van der Waals surface area contributed by atoms with Crippen molar-refractivity contribution in [1.29, 1.82) is 0 Å². The number of halogens is 1. The van der Waals surface area contributed by atoms with Crippen molar-refractivity contribution >= 4 is 26.0 Å². The molecule has 0 amide bonds. The highest BCUT2D eigenvalue weighted by atomic mass is 79.9. The van der Waals surface area contributed by atoms with Crippen molar-refractivity contribution in [3.8, 4) is 0 Å². The third-order valence-corrected chi connectivity index (χ3v) is 5.64. The summed E-state index contributed by atoms with van der Waals surface area (Å²) < 4.78 is 28.3. The Morgan fingerprint density at radius 3 is 2.67 bits per heavy atom. The van der Waals surface area contributed by atoms with Gasteiger partial charge in [-0.2, -0.15) is 0 Å². The molecule has 1 aromatic rings. The second-order valence-electron chi connectivity index (χ2n) is 4.68. The van der Waals surface area contributed by atoms with E-state index < -0.39 is 10.0 Å². The van der Waals surface area contributed by atoms with E-state index in [4.69, 9.17) is 0 Å². The summed E-state index contributed by atoms with van der Waals surface area (Å²) >= 11 is 3.41. The van der Waals surface area contributed by atoms with Gasteiger partial charge in [0.2, 0.25) is 10.0 Å². The predicted molar refractivity (Wildman–Crippen MR) is 75.2 cm³/mol. The van der Waals surface area contributed by atoms with Crippen LogP contribution >= 0.6 is 15.9 Å². The molecule has 1 heterocycles. The summed E-state index contributed by atoms with van der Waals surface area (Å²) in [6.45, 7) is 5.27. The number of aryl methyl sites for hydroxylation is 2. The Bertz CT molecular complexity index is 551. The summed E-state index contributed by atoms with van der Waals surface area (Å²) in [5, 5.41) is 3.15. The van der Waals surface area contributed by atoms with Crippen molar-refractivity contribution in [2.75, 3.05) is 13.1 Å². The number of hydrogen-bond donors (Lipinski definition) is 2. The summed E-state index contributed by atoms with van der Waals surface area (Å²) in [4.78, 5) is 0.370. The minimum absolute atomic E-state index is 0.00153. The first kappa shape index (κ1) is 14.0. The summed E-state index contributed by atoms with van der Waals surface area (Å²) in [6, 6.07) is 3.55. The lowest BCUT2D eigenvalue weighted by Crippen LogP contribution is -2.36. The van der Waals surface area contributed by atoms with Crippen LogP contribution in [0.4, 0.5) is 0 Å². The molecule has 0 bridgehead atoms. The first-order valence-corrected chi connectivity index (χ1v) is 8.17.